The first kappa shape index (κ1) is 25.8. The van der Waals surface area contributed by atoms with E-state index in [2.05, 4.69) is 35.5 Å². The summed E-state index contributed by atoms with van der Waals surface area (Å²) in [7, 11) is 0. The number of aromatic amines is 1. The van der Waals surface area contributed by atoms with E-state index in [0.29, 0.717) is 68.8 Å². The van der Waals surface area contributed by atoms with Crippen LogP contribution in [0.15, 0.2) is 6.20 Å². The number of likely N-dealkylation sites (tertiary alicyclic amines) is 1. The molecule has 4 aliphatic heterocycles. The zero-order chi connectivity index (χ0) is 28.6. The summed E-state index contributed by atoms with van der Waals surface area (Å²) < 4.78 is 42.2. The summed E-state index contributed by atoms with van der Waals surface area (Å²) in [6.07, 6.45) is 5.05. The van der Waals surface area contributed by atoms with Crippen LogP contribution in [0.1, 0.15) is 48.7 Å². The van der Waals surface area contributed by atoms with Gasteiger partial charge in [0.25, 0.3) is 11.8 Å². The number of hydrogen-bond acceptors (Lipinski definition) is 9. The summed E-state index contributed by atoms with van der Waals surface area (Å²) in [6, 6.07) is 0.00982. The van der Waals surface area contributed by atoms with Crippen LogP contribution in [0.5, 0.6) is 5.88 Å². The molecule has 12 nitrogen and oxygen atoms in total. The fourth-order valence-corrected chi connectivity index (χ4v) is 7.11. The Balaban J connectivity index is 0.918. The molecule has 3 N–H and O–H groups in total. The molecule has 220 valence electrons. The quantitative estimate of drug-likeness (QED) is 0.425. The van der Waals surface area contributed by atoms with Crippen LogP contribution in [0.25, 0.3) is 11.0 Å². The number of benzene rings is 1. The maximum atomic E-state index is 15.6. The number of amides is 2. The Kier molecular flexibility index (Phi) is 5.87. The van der Waals surface area contributed by atoms with Crippen molar-refractivity contribution in [2.45, 2.75) is 50.2 Å². The van der Waals surface area contributed by atoms with Gasteiger partial charge < -0.3 is 30.0 Å². The highest BCUT2D eigenvalue weighted by molar-refractivity contribution is 5.95. The summed E-state index contributed by atoms with van der Waals surface area (Å²) in [5.74, 6) is 0.245. The van der Waals surface area contributed by atoms with E-state index in [9.17, 15) is 9.59 Å². The number of halogens is 2. The summed E-state index contributed by atoms with van der Waals surface area (Å²) in [4.78, 5) is 44.3. The minimum absolute atomic E-state index is 0.00982. The summed E-state index contributed by atoms with van der Waals surface area (Å²) in [5, 5.41) is 5.93. The topological polar surface area (TPSA) is 138 Å². The zero-order valence-corrected chi connectivity index (χ0v) is 22.8. The highest BCUT2D eigenvalue weighted by atomic mass is 19.1. The summed E-state index contributed by atoms with van der Waals surface area (Å²) in [5.41, 5.74) is 0.520. The third-order valence-electron chi connectivity index (χ3n) is 9.27. The van der Waals surface area contributed by atoms with Crippen molar-refractivity contribution in [3.8, 4) is 5.88 Å². The van der Waals surface area contributed by atoms with Gasteiger partial charge in [-0.05, 0) is 49.3 Å². The molecule has 2 amide bonds. The molecule has 0 radical (unpaired) electrons. The van der Waals surface area contributed by atoms with Crippen LogP contribution in [-0.4, -0.2) is 81.8 Å². The van der Waals surface area contributed by atoms with Crippen molar-refractivity contribution in [3.63, 3.8) is 0 Å². The lowest BCUT2D eigenvalue weighted by Crippen LogP contribution is -2.48. The lowest BCUT2D eigenvalue weighted by atomic mass is 9.90. The minimum atomic E-state index is -0.655. The Hall–Kier alpha value is -3.91. The summed E-state index contributed by atoms with van der Waals surface area (Å²) in [6.45, 7) is 3.16. The molecule has 3 saturated heterocycles. The maximum absolute atomic E-state index is 15.6. The first-order chi connectivity index (χ1) is 20.4. The van der Waals surface area contributed by atoms with Gasteiger partial charge in [0.2, 0.25) is 0 Å². The number of nitrogens with zero attached hydrogens (tertiary/aromatic N) is 5. The highest BCUT2D eigenvalue weighted by Gasteiger charge is 2.48. The molecule has 1 unspecified atom stereocenters. The van der Waals surface area contributed by atoms with Crippen molar-refractivity contribution in [1.29, 1.82) is 0 Å². The van der Waals surface area contributed by atoms with E-state index in [1.54, 1.807) is 0 Å². The second-order valence-corrected chi connectivity index (χ2v) is 12.0. The van der Waals surface area contributed by atoms with E-state index in [-0.39, 0.29) is 58.8 Å². The molecule has 8 rings (SSSR count). The highest BCUT2D eigenvalue weighted by Crippen LogP contribution is 2.39. The molecule has 1 spiro atoms. The Bertz CT molecular complexity index is 1570. The normalized spacial score (nSPS) is 23.8. The molecular formula is C28H30F2N8O4. The van der Waals surface area contributed by atoms with E-state index in [1.807, 2.05) is 0 Å². The predicted molar refractivity (Wildman–Crippen MR) is 145 cm³/mol. The number of imidazole rings is 1. The standard InChI is InChI=1S/C28H30F2N8O4/c29-20-15-8-14(9-16(15)21(30)23-22(20)35-24(36-23)17-2-1-5-31-17)11-37-6-3-28(4-7-37)13-38(27(40)42-28)18-10-32-26-25(33-18)34-19(39)12-41-26/h10,14,17,31H,1-9,11-13H2,(H,35,36)(H,33,34,39)/t17-/m1/s1. The maximum Gasteiger partial charge on any atom is 0.416 e. The third kappa shape index (κ3) is 4.18. The monoisotopic (exact) mass is 580 g/mol. The molecule has 5 aliphatic rings. The predicted octanol–water partition coefficient (Wildman–Crippen LogP) is 2.59. The van der Waals surface area contributed by atoms with Gasteiger partial charge in [-0.1, -0.05) is 0 Å². The largest absolute Gasteiger partial charge is 0.465 e. The zero-order valence-electron chi connectivity index (χ0n) is 22.8. The lowest BCUT2D eigenvalue weighted by molar-refractivity contribution is -0.118. The molecule has 0 bridgehead atoms. The number of hydrogen-bond donors (Lipinski definition) is 3. The molecule has 0 saturated carbocycles. The number of anilines is 2. The average Bonchev–Trinajstić information content (AvgIpc) is 3.79. The number of ether oxygens (including phenoxy) is 2. The van der Waals surface area contributed by atoms with Crippen LogP contribution in [0.4, 0.5) is 25.2 Å². The van der Waals surface area contributed by atoms with Crippen LogP contribution in [0.3, 0.4) is 0 Å². The second-order valence-electron chi connectivity index (χ2n) is 12.0. The van der Waals surface area contributed by atoms with Crippen molar-refractivity contribution in [2.75, 3.05) is 49.5 Å². The van der Waals surface area contributed by atoms with Crippen molar-refractivity contribution in [1.82, 2.24) is 30.2 Å². The fourth-order valence-electron chi connectivity index (χ4n) is 7.11. The van der Waals surface area contributed by atoms with Crippen LogP contribution < -0.4 is 20.3 Å². The van der Waals surface area contributed by atoms with Crippen molar-refractivity contribution in [3.05, 3.63) is 34.8 Å². The van der Waals surface area contributed by atoms with Gasteiger partial charge in [0, 0.05) is 32.5 Å². The Morgan fingerprint density at radius 1 is 1.10 bits per heavy atom. The first-order valence-corrected chi connectivity index (χ1v) is 14.5. The number of carbonyl (C=O) groups excluding carboxylic acids is 2. The van der Waals surface area contributed by atoms with Gasteiger partial charge in [-0.2, -0.15) is 0 Å². The number of H-pyrrole nitrogens is 1. The number of nitrogens with one attached hydrogen (secondary N) is 3. The molecule has 1 aromatic carbocycles. The van der Waals surface area contributed by atoms with Gasteiger partial charge in [0.1, 0.15) is 22.5 Å². The van der Waals surface area contributed by atoms with E-state index in [4.69, 9.17) is 9.47 Å². The van der Waals surface area contributed by atoms with E-state index >= 15 is 8.78 Å². The molecule has 14 heteroatoms. The van der Waals surface area contributed by atoms with Gasteiger partial charge in [-0.3, -0.25) is 9.69 Å². The molecule has 6 heterocycles. The van der Waals surface area contributed by atoms with Gasteiger partial charge in [0.15, 0.2) is 29.9 Å². The fraction of sp³-hybridized carbons (Fsp3) is 0.536. The molecule has 3 fully saturated rings. The molecule has 42 heavy (non-hydrogen) atoms. The second kappa shape index (κ2) is 9.56. The van der Waals surface area contributed by atoms with Gasteiger partial charge >= 0.3 is 6.09 Å². The first-order valence-electron chi connectivity index (χ1n) is 14.5. The average molecular weight is 581 g/mol. The number of fused-ring (bicyclic) bond motifs is 3. The Labute approximate surface area is 239 Å². The van der Waals surface area contributed by atoms with Gasteiger partial charge in [0.05, 0.1) is 18.8 Å². The molecule has 3 aromatic rings. The van der Waals surface area contributed by atoms with Crippen molar-refractivity contribution in [2.24, 2.45) is 5.92 Å². The molecular weight excluding hydrogens is 550 g/mol. The van der Waals surface area contributed by atoms with Crippen LogP contribution >= 0.6 is 0 Å². The molecule has 1 aliphatic carbocycles. The van der Waals surface area contributed by atoms with Crippen molar-refractivity contribution < 1.29 is 27.8 Å². The van der Waals surface area contributed by atoms with E-state index in [0.717, 1.165) is 19.4 Å². The van der Waals surface area contributed by atoms with Crippen LogP contribution in [0, 0.1) is 17.6 Å². The minimum Gasteiger partial charge on any atom is -0.465 e. The van der Waals surface area contributed by atoms with Gasteiger partial charge in [-0.15, -0.1) is 0 Å². The van der Waals surface area contributed by atoms with Gasteiger partial charge in [-0.25, -0.2) is 28.5 Å². The lowest BCUT2D eigenvalue weighted by Gasteiger charge is -2.38. The summed E-state index contributed by atoms with van der Waals surface area (Å²) >= 11 is 0. The number of rotatable bonds is 4. The Morgan fingerprint density at radius 2 is 1.90 bits per heavy atom. The van der Waals surface area contributed by atoms with Crippen LogP contribution in [0.2, 0.25) is 0 Å². The number of carbonyl (C=O) groups is 2. The molecule has 2 aromatic heterocycles. The number of aromatic nitrogens is 4. The Morgan fingerprint density at radius 3 is 2.69 bits per heavy atom. The molecule has 2 atom stereocenters. The smallest absolute Gasteiger partial charge is 0.416 e. The van der Waals surface area contributed by atoms with E-state index in [1.165, 1.54) is 11.1 Å². The van der Waals surface area contributed by atoms with E-state index < -0.39 is 17.5 Å². The third-order valence-corrected chi connectivity index (χ3v) is 9.27. The van der Waals surface area contributed by atoms with Crippen molar-refractivity contribution >= 4 is 34.7 Å². The SMILES string of the molecule is O=C1COc2ncc(N3CC4(CCN(CC5Cc6c(c(F)c7[nH]c([C@H]8CCCN8)nc7c6F)C5)CC4)OC3=O)nc2N1. The van der Waals surface area contributed by atoms with Crippen LogP contribution in [-0.2, 0) is 22.4 Å². The number of piperidine rings is 1.